The average molecular weight is 197 g/mol. The van der Waals surface area contributed by atoms with Gasteiger partial charge in [0.25, 0.3) is 0 Å². The summed E-state index contributed by atoms with van der Waals surface area (Å²) in [6.07, 6.45) is 0. The Morgan fingerprint density at radius 1 is 1.38 bits per heavy atom. The molecule has 0 bridgehead atoms. The van der Waals surface area contributed by atoms with Crippen molar-refractivity contribution < 1.29 is 4.79 Å². The highest BCUT2D eigenvalue weighted by atomic mass is 32.1. The van der Waals surface area contributed by atoms with Crippen LogP contribution in [0.2, 0.25) is 0 Å². The molecule has 0 aliphatic carbocycles. The number of thiol groups is 1. The fourth-order valence-corrected chi connectivity index (χ4v) is 1.06. The second-order valence-corrected chi connectivity index (χ2v) is 3.16. The van der Waals surface area contributed by atoms with Crippen LogP contribution in [0.3, 0.4) is 0 Å². The van der Waals surface area contributed by atoms with Crippen molar-refractivity contribution >= 4 is 23.4 Å². The van der Waals surface area contributed by atoms with Gasteiger partial charge in [-0.15, -0.1) is 12.6 Å². The predicted octanol–water partition coefficient (Wildman–Crippen LogP) is 2.46. The first-order valence-electron chi connectivity index (χ1n) is 3.62. The third-order valence-corrected chi connectivity index (χ3v) is 1.87. The number of carbonyl (C=O) groups is 1. The largest absolute Gasteiger partial charge is 0.378 e. The van der Waals surface area contributed by atoms with Crippen LogP contribution < -0.4 is 4.90 Å². The summed E-state index contributed by atoms with van der Waals surface area (Å²) in [6.45, 7) is 0. The van der Waals surface area contributed by atoms with Crippen LogP contribution in [0.1, 0.15) is 17.8 Å². The van der Waals surface area contributed by atoms with Gasteiger partial charge in [-0.3, -0.25) is 4.79 Å². The number of carbonyl (C=O) groups excluding carboxylic acids is 1. The van der Waals surface area contributed by atoms with E-state index in [9.17, 15) is 4.79 Å². The van der Waals surface area contributed by atoms with Crippen LogP contribution in [0.25, 0.3) is 0 Å². The average Bonchev–Trinajstić information content (AvgIpc) is 2.04. The van der Waals surface area contributed by atoms with E-state index in [1.807, 2.05) is 37.2 Å². The van der Waals surface area contributed by atoms with Crippen LogP contribution in [0.4, 0.5) is 5.69 Å². The van der Waals surface area contributed by atoms with Crippen LogP contribution in [0.15, 0.2) is 24.3 Å². The van der Waals surface area contributed by atoms with Gasteiger partial charge in [0.05, 0.1) is 0 Å². The van der Waals surface area contributed by atoms with Crippen molar-refractivity contribution in [2.75, 3.05) is 19.0 Å². The molecule has 3 heteroatoms. The molecule has 0 amide bonds. The smallest absolute Gasteiger partial charge is 0.216 e. The summed E-state index contributed by atoms with van der Waals surface area (Å²) >= 11 is 3.75. The predicted molar refractivity (Wildman–Crippen MR) is 60.8 cm³/mol. The highest BCUT2D eigenvalue weighted by Gasteiger charge is 2.01. The van der Waals surface area contributed by atoms with E-state index in [0.29, 0.717) is 5.56 Å². The van der Waals surface area contributed by atoms with Gasteiger partial charge in [-0.1, -0.05) is 19.6 Å². The van der Waals surface area contributed by atoms with Gasteiger partial charge in [0.1, 0.15) is 0 Å². The molecule has 2 nitrogen and oxygen atoms in total. The number of benzene rings is 1. The Labute approximate surface area is 85.0 Å². The highest BCUT2D eigenvalue weighted by Crippen LogP contribution is 2.14. The lowest BCUT2D eigenvalue weighted by atomic mass is 10.2. The second-order valence-electron chi connectivity index (χ2n) is 2.75. The third kappa shape index (κ3) is 3.11. The summed E-state index contributed by atoms with van der Waals surface area (Å²) in [5.41, 5.74) is 1.64. The van der Waals surface area contributed by atoms with Crippen LogP contribution >= 0.6 is 12.6 Å². The van der Waals surface area contributed by atoms with E-state index in [0.717, 1.165) is 5.69 Å². The molecule has 1 aromatic rings. The van der Waals surface area contributed by atoms with Gasteiger partial charge in [0.2, 0.25) is 5.12 Å². The lowest BCUT2D eigenvalue weighted by molar-refractivity contribution is 0.109. The Balaban J connectivity index is 0.00000144. The van der Waals surface area contributed by atoms with Crippen molar-refractivity contribution in [2.24, 2.45) is 0 Å². The van der Waals surface area contributed by atoms with Crippen molar-refractivity contribution in [3.8, 4) is 0 Å². The minimum absolute atomic E-state index is 0. The zero-order chi connectivity index (χ0) is 9.14. The number of hydrogen-bond acceptors (Lipinski definition) is 2. The van der Waals surface area contributed by atoms with E-state index >= 15 is 0 Å². The van der Waals surface area contributed by atoms with E-state index < -0.39 is 0 Å². The summed E-state index contributed by atoms with van der Waals surface area (Å²) in [5, 5.41) is -0.196. The van der Waals surface area contributed by atoms with E-state index in [1.54, 1.807) is 6.07 Å². The van der Waals surface area contributed by atoms with Crippen molar-refractivity contribution in [3.63, 3.8) is 0 Å². The maximum Gasteiger partial charge on any atom is 0.216 e. The summed E-state index contributed by atoms with van der Waals surface area (Å²) in [7, 11) is 3.87. The molecule has 0 unspecified atom stereocenters. The summed E-state index contributed by atoms with van der Waals surface area (Å²) in [5.74, 6) is 0. The quantitative estimate of drug-likeness (QED) is 0.735. The van der Waals surface area contributed by atoms with Crippen molar-refractivity contribution in [1.29, 1.82) is 0 Å². The maximum atomic E-state index is 10.9. The van der Waals surface area contributed by atoms with Gasteiger partial charge in [0.15, 0.2) is 0 Å². The molecule has 0 spiro atoms. The van der Waals surface area contributed by atoms with Gasteiger partial charge in [-0.25, -0.2) is 0 Å². The van der Waals surface area contributed by atoms with Crippen molar-refractivity contribution in [1.82, 2.24) is 0 Å². The Morgan fingerprint density at radius 2 is 2.00 bits per heavy atom. The lowest BCUT2D eigenvalue weighted by Crippen LogP contribution is -2.08. The standard InChI is InChI=1S/C9H11NOS.CH4/c1-10(2)8-5-3-4-7(6-8)9(11)12;/h3-6H,1-2H3,(H,11,12);1H4. The monoisotopic (exact) mass is 197 g/mol. The molecule has 13 heavy (non-hydrogen) atoms. The summed E-state index contributed by atoms with van der Waals surface area (Å²) in [6, 6.07) is 7.36. The van der Waals surface area contributed by atoms with E-state index in [2.05, 4.69) is 12.6 Å². The molecule has 0 radical (unpaired) electrons. The van der Waals surface area contributed by atoms with Gasteiger partial charge < -0.3 is 4.90 Å². The second kappa shape index (κ2) is 4.92. The highest BCUT2D eigenvalue weighted by molar-refractivity contribution is 7.97. The molecule has 0 saturated carbocycles. The molecule has 72 valence electrons. The molecular formula is C10H15NOS. The molecule has 0 fully saturated rings. The van der Waals surface area contributed by atoms with Crippen molar-refractivity contribution in [2.45, 2.75) is 7.43 Å². The van der Waals surface area contributed by atoms with Gasteiger partial charge in [-0.05, 0) is 12.1 Å². The van der Waals surface area contributed by atoms with Crippen LogP contribution in [-0.2, 0) is 0 Å². The van der Waals surface area contributed by atoms with Crippen LogP contribution in [-0.4, -0.2) is 19.2 Å². The minimum Gasteiger partial charge on any atom is -0.378 e. The molecule has 0 heterocycles. The normalized spacial score (nSPS) is 8.85. The van der Waals surface area contributed by atoms with E-state index in [4.69, 9.17) is 0 Å². The number of anilines is 1. The molecule has 0 N–H and O–H groups in total. The van der Waals surface area contributed by atoms with Gasteiger partial charge >= 0.3 is 0 Å². The van der Waals surface area contributed by atoms with E-state index in [1.165, 1.54) is 0 Å². The number of hydrogen-bond donors (Lipinski definition) is 1. The molecule has 0 atom stereocenters. The Kier molecular flexibility index (Phi) is 4.56. The molecule has 0 saturated heterocycles. The first kappa shape index (κ1) is 12.0. The minimum atomic E-state index is -0.196. The Morgan fingerprint density at radius 3 is 2.46 bits per heavy atom. The number of rotatable bonds is 2. The van der Waals surface area contributed by atoms with Gasteiger partial charge in [-0.2, -0.15) is 0 Å². The molecule has 0 aliphatic heterocycles. The van der Waals surface area contributed by atoms with Crippen LogP contribution in [0.5, 0.6) is 0 Å². The Hall–Kier alpha value is -0.960. The zero-order valence-corrected chi connectivity index (χ0v) is 8.01. The third-order valence-electron chi connectivity index (χ3n) is 1.61. The van der Waals surface area contributed by atoms with Gasteiger partial charge in [0, 0.05) is 25.3 Å². The molecule has 0 aliphatic rings. The molecule has 0 aromatic heterocycles. The fourth-order valence-electron chi connectivity index (χ4n) is 0.917. The SMILES string of the molecule is C.CN(C)c1cccc(C(=O)S)c1. The Bertz CT molecular complexity index is 297. The lowest BCUT2D eigenvalue weighted by Gasteiger charge is -2.12. The molecular weight excluding hydrogens is 182 g/mol. The summed E-state index contributed by atoms with van der Waals surface area (Å²) in [4.78, 5) is 12.8. The molecule has 1 aromatic carbocycles. The first-order chi connectivity index (χ1) is 5.61. The molecule has 1 rings (SSSR count). The topological polar surface area (TPSA) is 20.3 Å². The first-order valence-corrected chi connectivity index (χ1v) is 4.06. The summed E-state index contributed by atoms with van der Waals surface area (Å²) < 4.78 is 0. The maximum absolute atomic E-state index is 10.9. The van der Waals surface area contributed by atoms with E-state index in [-0.39, 0.29) is 12.5 Å². The number of nitrogens with zero attached hydrogens (tertiary/aromatic N) is 1. The van der Waals surface area contributed by atoms with Crippen LogP contribution in [0, 0.1) is 0 Å². The van der Waals surface area contributed by atoms with Crippen molar-refractivity contribution in [3.05, 3.63) is 29.8 Å². The fraction of sp³-hybridized carbons (Fsp3) is 0.300. The zero-order valence-electron chi connectivity index (χ0n) is 7.11.